The molecule has 2 rings (SSSR count). The van der Waals surface area contributed by atoms with Gasteiger partial charge < -0.3 is 20.2 Å². The summed E-state index contributed by atoms with van der Waals surface area (Å²) in [5.41, 5.74) is 0. The van der Waals surface area contributed by atoms with Crippen LogP contribution in [-0.4, -0.2) is 65.5 Å². The molecule has 2 aliphatic rings. The minimum atomic E-state index is -0.830. The molecule has 0 aromatic rings. The van der Waals surface area contributed by atoms with Crippen molar-refractivity contribution >= 4 is 17.9 Å². The van der Waals surface area contributed by atoms with Crippen LogP contribution in [0.25, 0.3) is 0 Å². The fraction of sp³-hybridized carbons (Fsp3) is 0.769. The summed E-state index contributed by atoms with van der Waals surface area (Å²) in [6.45, 7) is 1.54. The second kappa shape index (κ2) is 6.11. The molecule has 2 fully saturated rings. The van der Waals surface area contributed by atoms with Gasteiger partial charge >= 0.3 is 12.0 Å². The Morgan fingerprint density at radius 1 is 1.25 bits per heavy atom. The predicted molar refractivity (Wildman–Crippen MR) is 71.1 cm³/mol. The Morgan fingerprint density at radius 3 is 2.55 bits per heavy atom. The molecule has 1 unspecified atom stereocenters. The van der Waals surface area contributed by atoms with E-state index in [2.05, 4.69) is 5.32 Å². The van der Waals surface area contributed by atoms with Crippen molar-refractivity contribution in [3.05, 3.63) is 0 Å². The van der Waals surface area contributed by atoms with Crippen LogP contribution in [-0.2, 0) is 9.59 Å². The minimum Gasteiger partial charge on any atom is -0.481 e. The van der Waals surface area contributed by atoms with E-state index in [-0.39, 0.29) is 30.3 Å². The van der Waals surface area contributed by atoms with Crippen LogP contribution in [0.1, 0.15) is 25.7 Å². The number of likely N-dealkylation sites (N-methyl/N-ethyl adjacent to an activating group) is 1. The lowest BCUT2D eigenvalue weighted by Crippen LogP contribution is -2.60. The first-order valence-electron chi connectivity index (χ1n) is 7.02. The summed E-state index contributed by atoms with van der Waals surface area (Å²) in [7, 11) is 1.58. The van der Waals surface area contributed by atoms with Gasteiger partial charge in [-0.1, -0.05) is 0 Å². The Bertz CT molecular complexity index is 406. The van der Waals surface area contributed by atoms with Crippen molar-refractivity contribution in [2.24, 2.45) is 5.92 Å². The highest BCUT2D eigenvalue weighted by Gasteiger charge is 2.39. The SMILES string of the molecule is CNC(=O)C1CCCCN1C(=O)N1CC(CC(=O)O)C1. The van der Waals surface area contributed by atoms with Crippen molar-refractivity contribution in [2.75, 3.05) is 26.7 Å². The van der Waals surface area contributed by atoms with Gasteiger partial charge in [0.2, 0.25) is 5.91 Å². The molecule has 2 N–H and O–H groups in total. The first-order valence-corrected chi connectivity index (χ1v) is 7.02. The van der Waals surface area contributed by atoms with Crippen LogP contribution in [0.2, 0.25) is 0 Å². The van der Waals surface area contributed by atoms with Crippen LogP contribution in [0.5, 0.6) is 0 Å². The average molecular weight is 283 g/mol. The summed E-state index contributed by atoms with van der Waals surface area (Å²) < 4.78 is 0. The third kappa shape index (κ3) is 3.02. The zero-order valence-corrected chi connectivity index (χ0v) is 11.7. The number of piperidine rings is 1. The van der Waals surface area contributed by atoms with E-state index in [1.807, 2.05) is 0 Å². The zero-order chi connectivity index (χ0) is 14.7. The number of aliphatic carboxylic acids is 1. The van der Waals surface area contributed by atoms with Crippen molar-refractivity contribution in [3.8, 4) is 0 Å². The number of rotatable bonds is 3. The molecule has 1 atom stereocenters. The number of urea groups is 1. The highest BCUT2D eigenvalue weighted by atomic mass is 16.4. The van der Waals surface area contributed by atoms with E-state index in [1.165, 1.54) is 0 Å². The smallest absolute Gasteiger partial charge is 0.320 e. The van der Waals surface area contributed by atoms with Gasteiger partial charge in [-0.3, -0.25) is 9.59 Å². The Balaban J connectivity index is 1.91. The lowest BCUT2D eigenvalue weighted by molar-refractivity contribution is -0.139. The fourth-order valence-corrected chi connectivity index (χ4v) is 2.88. The normalized spacial score (nSPS) is 23.1. The molecule has 2 aliphatic heterocycles. The molecule has 0 aliphatic carbocycles. The van der Waals surface area contributed by atoms with Gasteiger partial charge in [-0.25, -0.2) is 4.79 Å². The number of carboxylic acids is 1. The molecule has 7 nitrogen and oxygen atoms in total. The topological polar surface area (TPSA) is 90.0 Å². The van der Waals surface area contributed by atoms with Gasteiger partial charge in [0.25, 0.3) is 0 Å². The summed E-state index contributed by atoms with van der Waals surface area (Å²) in [5, 5.41) is 11.3. The molecule has 0 radical (unpaired) electrons. The van der Waals surface area contributed by atoms with Gasteiger partial charge in [0.1, 0.15) is 6.04 Å². The van der Waals surface area contributed by atoms with E-state index in [1.54, 1.807) is 16.8 Å². The molecule has 0 saturated carbocycles. The molecule has 0 aromatic carbocycles. The van der Waals surface area contributed by atoms with Crippen molar-refractivity contribution in [2.45, 2.75) is 31.7 Å². The van der Waals surface area contributed by atoms with Crippen molar-refractivity contribution < 1.29 is 19.5 Å². The lowest BCUT2D eigenvalue weighted by Gasteiger charge is -2.44. The Kier molecular flexibility index (Phi) is 4.46. The Morgan fingerprint density at radius 2 is 1.95 bits per heavy atom. The summed E-state index contributed by atoms with van der Waals surface area (Å²) >= 11 is 0. The predicted octanol–water partition coefficient (Wildman–Crippen LogP) is 0.113. The van der Waals surface area contributed by atoms with Crippen LogP contribution in [0, 0.1) is 5.92 Å². The quantitative estimate of drug-likeness (QED) is 0.769. The number of nitrogens with zero attached hydrogens (tertiary/aromatic N) is 2. The molecule has 112 valence electrons. The van der Waals surface area contributed by atoms with Crippen LogP contribution < -0.4 is 5.32 Å². The summed E-state index contributed by atoms with van der Waals surface area (Å²) in [6, 6.07) is -0.528. The van der Waals surface area contributed by atoms with E-state index in [0.29, 0.717) is 26.1 Å². The first kappa shape index (κ1) is 14.6. The zero-order valence-electron chi connectivity index (χ0n) is 11.7. The third-order valence-corrected chi connectivity index (χ3v) is 3.99. The van der Waals surface area contributed by atoms with E-state index in [9.17, 15) is 14.4 Å². The summed E-state index contributed by atoms with van der Waals surface area (Å²) in [4.78, 5) is 38.0. The second-order valence-electron chi connectivity index (χ2n) is 5.47. The lowest BCUT2D eigenvalue weighted by atomic mass is 9.96. The number of carbonyl (C=O) groups excluding carboxylic acids is 2. The van der Waals surface area contributed by atoms with E-state index < -0.39 is 5.97 Å². The van der Waals surface area contributed by atoms with Crippen molar-refractivity contribution in [3.63, 3.8) is 0 Å². The van der Waals surface area contributed by atoms with E-state index >= 15 is 0 Å². The first-order chi connectivity index (χ1) is 9.52. The highest BCUT2D eigenvalue weighted by molar-refractivity contribution is 5.87. The minimum absolute atomic E-state index is 0.0414. The van der Waals surface area contributed by atoms with Gasteiger partial charge in [0.15, 0.2) is 0 Å². The summed E-state index contributed by atoms with van der Waals surface area (Å²) in [6.07, 6.45) is 2.65. The molecular formula is C13H21N3O4. The van der Waals surface area contributed by atoms with Crippen LogP contribution in [0.3, 0.4) is 0 Å². The van der Waals surface area contributed by atoms with Crippen LogP contribution in [0.15, 0.2) is 0 Å². The molecule has 2 heterocycles. The number of hydrogen-bond donors (Lipinski definition) is 2. The van der Waals surface area contributed by atoms with Gasteiger partial charge in [-0.05, 0) is 19.3 Å². The van der Waals surface area contributed by atoms with Crippen molar-refractivity contribution in [1.29, 1.82) is 0 Å². The molecule has 0 aromatic heterocycles. The van der Waals surface area contributed by atoms with E-state index in [4.69, 9.17) is 5.11 Å². The number of nitrogens with one attached hydrogen (secondary N) is 1. The Hall–Kier alpha value is -1.79. The molecule has 7 heteroatoms. The largest absolute Gasteiger partial charge is 0.481 e. The maximum atomic E-state index is 12.4. The van der Waals surface area contributed by atoms with Gasteiger partial charge in [0, 0.05) is 32.6 Å². The van der Waals surface area contributed by atoms with Crippen LogP contribution in [0.4, 0.5) is 4.79 Å². The molecule has 0 bridgehead atoms. The van der Waals surface area contributed by atoms with Crippen molar-refractivity contribution in [1.82, 2.24) is 15.1 Å². The third-order valence-electron chi connectivity index (χ3n) is 3.99. The number of likely N-dealkylation sites (tertiary alicyclic amines) is 2. The van der Waals surface area contributed by atoms with Crippen LogP contribution >= 0.6 is 0 Å². The monoisotopic (exact) mass is 283 g/mol. The molecule has 20 heavy (non-hydrogen) atoms. The highest BCUT2D eigenvalue weighted by Crippen LogP contribution is 2.24. The van der Waals surface area contributed by atoms with E-state index in [0.717, 1.165) is 12.8 Å². The summed E-state index contributed by atoms with van der Waals surface area (Å²) in [5.74, 6) is -0.913. The number of carbonyl (C=O) groups is 3. The maximum absolute atomic E-state index is 12.4. The molecule has 2 saturated heterocycles. The maximum Gasteiger partial charge on any atom is 0.320 e. The molecular weight excluding hydrogens is 262 g/mol. The standard InChI is InChI=1S/C13H21N3O4/c1-14-12(19)10-4-2-3-5-16(10)13(20)15-7-9(8-15)6-11(17)18/h9-10H,2-8H2,1H3,(H,14,19)(H,17,18). The van der Waals surface area contributed by atoms with Gasteiger partial charge in [-0.15, -0.1) is 0 Å². The van der Waals surface area contributed by atoms with Gasteiger partial charge in [-0.2, -0.15) is 0 Å². The fourth-order valence-electron chi connectivity index (χ4n) is 2.88. The number of hydrogen-bond acceptors (Lipinski definition) is 3. The number of amides is 3. The van der Waals surface area contributed by atoms with Gasteiger partial charge in [0.05, 0.1) is 6.42 Å². The molecule has 0 spiro atoms. The number of carboxylic acid groups (broad SMARTS) is 1. The second-order valence-corrected chi connectivity index (χ2v) is 5.47. The molecule has 3 amide bonds. The average Bonchev–Trinajstić information content (AvgIpc) is 2.40. The Labute approximate surface area is 117 Å².